The van der Waals surface area contributed by atoms with Crippen LogP contribution in [0.25, 0.3) is 0 Å². The maximum atomic E-state index is 12.3. The molecule has 1 aliphatic rings. The second-order valence-electron chi connectivity index (χ2n) is 3.27. The number of ether oxygens (including phenoxy) is 3. The van der Waals surface area contributed by atoms with Crippen molar-refractivity contribution in [2.24, 2.45) is 0 Å². The summed E-state index contributed by atoms with van der Waals surface area (Å²) in [5, 5.41) is 8.72. The van der Waals surface area contributed by atoms with Crippen molar-refractivity contribution in [1.82, 2.24) is 0 Å². The first-order valence-electron chi connectivity index (χ1n) is 4.59. The average Bonchev–Trinajstić information content (AvgIpc) is 3.01. The molecular formula is C8H12F4O4. The van der Waals surface area contributed by atoms with E-state index < -0.39 is 31.9 Å². The van der Waals surface area contributed by atoms with E-state index in [-0.39, 0.29) is 12.7 Å². The van der Waals surface area contributed by atoms with Gasteiger partial charge in [-0.05, 0) is 0 Å². The molecule has 2 unspecified atom stereocenters. The van der Waals surface area contributed by atoms with E-state index in [2.05, 4.69) is 4.74 Å². The summed E-state index contributed by atoms with van der Waals surface area (Å²) in [6.07, 6.45) is -9.59. The fourth-order valence-electron chi connectivity index (χ4n) is 0.828. The van der Waals surface area contributed by atoms with Crippen LogP contribution in [0.15, 0.2) is 0 Å². The highest BCUT2D eigenvalue weighted by Gasteiger charge is 2.42. The Morgan fingerprint density at radius 3 is 2.50 bits per heavy atom. The second-order valence-corrected chi connectivity index (χ2v) is 3.27. The van der Waals surface area contributed by atoms with E-state index in [1.54, 1.807) is 0 Å². The van der Waals surface area contributed by atoms with Crippen LogP contribution in [0.5, 0.6) is 0 Å². The minimum Gasteiger partial charge on any atom is -0.394 e. The van der Waals surface area contributed by atoms with Gasteiger partial charge in [-0.2, -0.15) is 8.78 Å². The molecule has 0 spiro atoms. The van der Waals surface area contributed by atoms with E-state index in [9.17, 15) is 17.6 Å². The van der Waals surface area contributed by atoms with E-state index in [4.69, 9.17) is 14.6 Å². The molecule has 1 aliphatic heterocycles. The number of rotatable bonds is 8. The van der Waals surface area contributed by atoms with E-state index in [1.165, 1.54) is 0 Å². The topological polar surface area (TPSA) is 51.2 Å². The Balaban J connectivity index is 2.21. The number of epoxide rings is 1. The van der Waals surface area contributed by atoms with E-state index in [0.717, 1.165) is 0 Å². The van der Waals surface area contributed by atoms with E-state index in [1.807, 2.05) is 0 Å². The number of alkyl halides is 4. The van der Waals surface area contributed by atoms with Crippen LogP contribution in [-0.4, -0.2) is 56.3 Å². The zero-order chi connectivity index (χ0) is 12.2. The molecule has 0 amide bonds. The lowest BCUT2D eigenvalue weighted by atomic mass is 10.4. The van der Waals surface area contributed by atoms with Crippen molar-refractivity contribution in [3.63, 3.8) is 0 Å². The molecule has 8 heteroatoms. The maximum absolute atomic E-state index is 12.3. The Morgan fingerprint density at radius 2 is 2.06 bits per heavy atom. The zero-order valence-corrected chi connectivity index (χ0v) is 8.24. The lowest BCUT2D eigenvalue weighted by Gasteiger charge is -2.20. The number of halogens is 4. The Bertz CT molecular complexity index is 210. The smallest absolute Gasteiger partial charge is 0.394 e. The SMILES string of the molecule is OCC(COC(F)(F)C(F)F)OCC1CO1. The molecule has 1 N–H and O–H groups in total. The Labute approximate surface area is 89.1 Å². The molecule has 0 aromatic heterocycles. The summed E-state index contributed by atoms with van der Waals surface area (Å²) in [5.74, 6) is 0. The standard InChI is InChI=1S/C8H12F4O4/c9-7(10)8(11,12)16-4-5(1-13)14-2-6-3-15-6/h5-7,13H,1-4H2. The van der Waals surface area contributed by atoms with Crippen LogP contribution >= 0.6 is 0 Å². The van der Waals surface area contributed by atoms with Gasteiger partial charge in [0.1, 0.15) is 12.2 Å². The molecule has 1 heterocycles. The van der Waals surface area contributed by atoms with Gasteiger partial charge < -0.3 is 19.3 Å². The van der Waals surface area contributed by atoms with Crippen LogP contribution < -0.4 is 0 Å². The van der Waals surface area contributed by atoms with Crippen LogP contribution in [-0.2, 0) is 14.2 Å². The quantitative estimate of drug-likeness (QED) is 0.506. The summed E-state index contributed by atoms with van der Waals surface area (Å²) >= 11 is 0. The fraction of sp³-hybridized carbons (Fsp3) is 1.00. The highest BCUT2D eigenvalue weighted by molar-refractivity contribution is 4.69. The van der Waals surface area contributed by atoms with Crippen molar-refractivity contribution < 1.29 is 36.9 Å². The van der Waals surface area contributed by atoms with Crippen molar-refractivity contribution in [2.45, 2.75) is 24.7 Å². The van der Waals surface area contributed by atoms with Crippen molar-refractivity contribution in [3.8, 4) is 0 Å². The average molecular weight is 248 g/mol. The zero-order valence-electron chi connectivity index (χ0n) is 8.24. The van der Waals surface area contributed by atoms with Crippen molar-refractivity contribution in [1.29, 1.82) is 0 Å². The van der Waals surface area contributed by atoms with Crippen molar-refractivity contribution >= 4 is 0 Å². The molecule has 0 bridgehead atoms. The predicted molar refractivity (Wildman–Crippen MR) is 43.5 cm³/mol. The number of hydrogen-bond acceptors (Lipinski definition) is 4. The second kappa shape index (κ2) is 5.76. The largest absolute Gasteiger partial charge is 0.416 e. The summed E-state index contributed by atoms with van der Waals surface area (Å²) in [4.78, 5) is 0. The maximum Gasteiger partial charge on any atom is 0.416 e. The molecule has 16 heavy (non-hydrogen) atoms. The van der Waals surface area contributed by atoms with Gasteiger partial charge in [-0.15, -0.1) is 0 Å². The minimum atomic E-state index is -4.52. The molecule has 0 aliphatic carbocycles. The molecular weight excluding hydrogens is 236 g/mol. The number of hydrogen-bond donors (Lipinski definition) is 1. The molecule has 1 rings (SSSR count). The third-order valence-corrected chi connectivity index (χ3v) is 1.84. The van der Waals surface area contributed by atoms with Crippen molar-refractivity contribution in [2.75, 3.05) is 26.4 Å². The lowest BCUT2D eigenvalue weighted by molar-refractivity contribution is -0.308. The highest BCUT2D eigenvalue weighted by atomic mass is 19.3. The molecule has 96 valence electrons. The predicted octanol–water partition coefficient (Wildman–Crippen LogP) is 0.637. The molecule has 4 nitrogen and oxygen atoms in total. The fourth-order valence-corrected chi connectivity index (χ4v) is 0.828. The third kappa shape index (κ3) is 4.60. The Morgan fingerprint density at radius 1 is 1.44 bits per heavy atom. The lowest BCUT2D eigenvalue weighted by Crippen LogP contribution is -2.36. The van der Waals surface area contributed by atoms with Crippen LogP contribution in [0.2, 0.25) is 0 Å². The summed E-state index contributed by atoms with van der Waals surface area (Å²) in [6, 6.07) is 0. The molecule has 1 saturated heterocycles. The normalized spacial score (nSPS) is 22.5. The van der Waals surface area contributed by atoms with Gasteiger partial charge in [-0.25, -0.2) is 8.78 Å². The number of aliphatic hydroxyl groups excluding tert-OH is 1. The van der Waals surface area contributed by atoms with Gasteiger partial charge in [-0.1, -0.05) is 0 Å². The first kappa shape index (κ1) is 13.6. The van der Waals surface area contributed by atoms with Gasteiger partial charge in [0.15, 0.2) is 0 Å². The molecule has 0 aromatic carbocycles. The Hall–Kier alpha value is -0.440. The molecule has 0 saturated carbocycles. The van der Waals surface area contributed by atoms with Gasteiger partial charge in [0.25, 0.3) is 0 Å². The van der Waals surface area contributed by atoms with E-state index >= 15 is 0 Å². The summed E-state index contributed by atoms with van der Waals surface area (Å²) in [5.41, 5.74) is 0. The van der Waals surface area contributed by atoms with Gasteiger partial charge in [0.2, 0.25) is 0 Å². The first-order chi connectivity index (χ1) is 7.45. The van der Waals surface area contributed by atoms with Crippen LogP contribution in [0.1, 0.15) is 0 Å². The monoisotopic (exact) mass is 248 g/mol. The molecule has 0 radical (unpaired) electrons. The summed E-state index contributed by atoms with van der Waals surface area (Å²) in [7, 11) is 0. The summed E-state index contributed by atoms with van der Waals surface area (Å²) in [6.45, 7) is -0.770. The molecule has 0 aromatic rings. The first-order valence-corrected chi connectivity index (χ1v) is 4.59. The number of aliphatic hydroxyl groups is 1. The van der Waals surface area contributed by atoms with E-state index in [0.29, 0.717) is 6.61 Å². The van der Waals surface area contributed by atoms with Crippen LogP contribution in [0, 0.1) is 0 Å². The summed E-state index contributed by atoms with van der Waals surface area (Å²) < 4.78 is 61.4. The van der Waals surface area contributed by atoms with Crippen molar-refractivity contribution in [3.05, 3.63) is 0 Å². The Kier molecular flexibility index (Phi) is 4.90. The van der Waals surface area contributed by atoms with Crippen LogP contribution in [0.3, 0.4) is 0 Å². The highest BCUT2D eigenvalue weighted by Crippen LogP contribution is 2.24. The molecule has 2 atom stereocenters. The van der Waals surface area contributed by atoms with Crippen LogP contribution in [0.4, 0.5) is 17.6 Å². The minimum absolute atomic E-state index is 0.107. The van der Waals surface area contributed by atoms with Gasteiger partial charge in [0, 0.05) is 0 Å². The molecule has 1 fully saturated rings. The van der Waals surface area contributed by atoms with Gasteiger partial charge in [0.05, 0.1) is 26.4 Å². The van der Waals surface area contributed by atoms with Gasteiger partial charge >= 0.3 is 12.5 Å². The van der Waals surface area contributed by atoms with Gasteiger partial charge in [-0.3, -0.25) is 0 Å². The third-order valence-electron chi connectivity index (χ3n) is 1.84.